The number of carbonyl (C=O) groups is 1. The standard InChI is InChI=1S/C18H31N3O/c1-2-20-13-15-17(7-9-19-10-8-17)5-6-18(15,14-20)16(22)21-11-3-4-12-21/h15,19H,2-14H2,1H3. The molecule has 3 heterocycles. The van der Waals surface area contributed by atoms with E-state index in [1.165, 1.54) is 32.1 Å². The van der Waals surface area contributed by atoms with E-state index in [0.29, 0.717) is 17.2 Å². The molecule has 1 amide bonds. The topological polar surface area (TPSA) is 35.6 Å². The zero-order chi connectivity index (χ0) is 15.2. The highest BCUT2D eigenvalue weighted by Crippen LogP contribution is 2.62. The predicted octanol–water partition coefficient (Wildman–Crippen LogP) is 1.71. The fourth-order valence-corrected chi connectivity index (χ4v) is 6.01. The Morgan fingerprint density at radius 3 is 2.55 bits per heavy atom. The number of hydrogen-bond donors (Lipinski definition) is 1. The number of carbonyl (C=O) groups excluding carboxylic acids is 1. The maximum atomic E-state index is 13.4. The Morgan fingerprint density at radius 2 is 1.86 bits per heavy atom. The third-order valence-corrected chi connectivity index (χ3v) is 7.29. The smallest absolute Gasteiger partial charge is 0.230 e. The number of piperidine rings is 1. The molecule has 0 aromatic carbocycles. The minimum atomic E-state index is -0.0440. The Labute approximate surface area is 134 Å². The van der Waals surface area contributed by atoms with E-state index in [-0.39, 0.29) is 5.41 Å². The zero-order valence-corrected chi connectivity index (χ0v) is 14.1. The van der Waals surface area contributed by atoms with Crippen molar-refractivity contribution >= 4 is 5.91 Å². The van der Waals surface area contributed by atoms with E-state index in [9.17, 15) is 4.79 Å². The van der Waals surface area contributed by atoms with Crippen molar-refractivity contribution in [3.8, 4) is 0 Å². The van der Waals surface area contributed by atoms with Crippen molar-refractivity contribution in [3.63, 3.8) is 0 Å². The molecule has 0 aromatic rings. The second kappa shape index (κ2) is 5.48. The minimum absolute atomic E-state index is 0.0440. The summed E-state index contributed by atoms with van der Waals surface area (Å²) in [6.45, 7) is 9.86. The molecule has 0 radical (unpaired) electrons. The monoisotopic (exact) mass is 305 g/mol. The Morgan fingerprint density at radius 1 is 1.14 bits per heavy atom. The van der Waals surface area contributed by atoms with Gasteiger partial charge in [0.05, 0.1) is 5.41 Å². The molecule has 124 valence electrons. The molecule has 4 nitrogen and oxygen atoms in total. The fraction of sp³-hybridized carbons (Fsp3) is 0.944. The third kappa shape index (κ3) is 2.06. The van der Waals surface area contributed by atoms with Gasteiger partial charge < -0.3 is 15.1 Å². The lowest BCUT2D eigenvalue weighted by Gasteiger charge is -2.42. The Bertz CT molecular complexity index is 440. The Balaban J connectivity index is 1.64. The Hall–Kier alpha value is -0.610. The average Bonchev–Trinajstić information content (AvgIpc) is 3.25. The van der Waals surface area contributed by atoms with Gasteiger partial charge in [-0.15, -0.1) is 0 Å². The van der Waals surface area contributed by atoms with Crippen LogP contribution in [-0.2, 0) is 4.79 Å². The van der Waals surface area contributed by atoms with Crippen LogP contribution in [0.5, 0.6) is 0 Å². The van der Waals surface area contributed by atoms with Crippen molar-refractivity contribution in [2.45, 2.75) is 45.4 Å². The van der Waals surface area contributed by atoms with E-state index in [2.05, 4.69) is 22.0 Å². The van der Waals surface area contributed by atoms with Crippen molar-refractivity contribution in [1.29, 1.82) is 0 Å². The molecule has 4 aliphatic rings. The van der Waals surface area contributed by atoms with Crippen molar-refractivity contribution in [2.75, 3.05) is 45.8 Å². The number of likely N-dealkylation sites (tertiary alicyclic amines) is 2. The molecule has 0 aromatic heterocycles. The van der Waals surface area contributed by atoms with Gasteiger partial charge in [-0.25, -0.2) is 0 Å². The first-order chi connectivity index (χ1) is 10.7. The van der Waals surface area contributed by atoms with Crippen LogP contribution in [0.15, 0.2) is 0 Å². The molecule has 2 unspecified atom stereocenters. The van der Waals surface area contributed by atoms with Gasteiger partial charge >= 0.3 is 0 Å². The summed E-state index contributed by atoms with van der Waals surface area (Å²) in [7, 11) is 0. The van der Waals surface area contributed by atoms with Crippen LogP contribution in [0.3, 0.4) is 0 Å². The number of nitrogens with one attached hydrogen (secondary N) is 1. The fourth-order valence-electron chi connectivity index (χ4n) is 6.01. The molecule has 0 bridgehead atoms. The normalized spacial score (nSPS) is 37.9. The van der Waals surface area contributed by atoms with E-state index >= 15 is 0 Å². The molecule has 3 aliphatic heterocycles. The summed E-state index contributed by atoms with van der Waals surface area (Å²) >= 11 is 0. The van der Waals surface area contributed by atoms with Crippen LogP contribution in [0.25, 0.3) is 0 Å². The van der Waals surface area contributed by atoms with Crippen molar-refractivity contribution < 1.29 is 4.79 Å². The molecule has 1 saturated carbocycles. The van der Waals surface area contributed by atoms with Crippen molar-refractivity contribution in [3.05, 3.63) is 0 Å². The number of nitrogens with zero attached hydrogens (tertiary/aromatic N) is 2. The first-order valence-corrected chi connectivity index (χ1v) is 9.43. The SMILES string of the molecule is CCN1CC2C3(CCNCC3)CCC2(C(=O)N2CCCC2)C1. The van der Waals surface area contributed by atoms with Gasteiger partial charge in [0.15, 0.2) is 0 Å². The van der Waals surface area contributed by atoms with Gasteiger partial charge in [-0.1, -0.05) is 6.92 Å². The van der Waals surface area contributed by atoms with Gasteiger partial charge in [0.25, 0.3) is 0 Å². The first kappa shape index (κ1) is 14.9. The molecule has 1 N–H and O–H groups in total. The summed E-state index contributed by atoms with van der Waals surface area (Å²) in [4.78, 5) is 18.2. The van der Waals surface area contributed by atoms with Gasteiger partial charge in [0.1, 0.15) is 0 Å². The van der Waals surface area contributed by atoms with E-state index < -0.39 is 0 Å². The lowest BCUT2D eigenvalue weighted by Crippen LogP contribution is -2.49. The highest BCUT2D eigenvalue weighted by Gasteiger charge is 2.64. The van der Waals surface area contributed by atoms with E-state index in [1.807, 2.05) is 0 Å². The van der Waals surface area contributed by atoms with Gasteiger partial charge in [0.2, 0.25) is 5.91 Å². The Kier molecular flexibility index (Phi) is 3.73. The van der Waals surface area contributed by atoms with Crippen LogP contribution in [0.1, 0.15) is 45.4 Å². The van der Waals surface area contributed by atoms with E-state index in [0.717, 1.165) is 52.2 Å². The summed E-state index contributed by atoms with van der Waals surface area (Å²) in [5.74, 6) is 1.12. The molecule has 4 fully saturated rings. The molecular formula is C18H31N3O. The van der Waals surface area contributed by atoms with Crippen molar-refractivity contribution in [2.24, 2.45) is 16.7 Å². The maximum Gasteiger partial charge on any atom is 0.230 e. The molecule has 4 rings (SSSR count). The van der Waals surface area contributed by atoms with Crippen LogP contribution in [0.4, 0.5) is 0 Å². The molecule has 4 heteroatoms. The van der Waals surface area contributed by atoms with Gasteiger partial charge in [-0.2, -0.15) is 0 Å². The number of hydrogen-bond acceptors (Lipinski definition) is 3. The minimum Gasteiger partial charge on any atom is -0.342 e. The van der Waals surface area contributed by atoms with Crippen LogP contribution in [0, 0.1) is 16.7 Å². The molecule has 1 aliphatic carbocycles. The summed E-state index contributed by atoms with van der Waals surface area (Å²) in [5, 5.41) is 3.53. The van der Waals surface area contributed by atoms with Gasteiger partial charge in [0, 0.05) is 26.2 Å². The van der Waals surface area contributed by atoms with Crippen LogP contribution in [0.2, 0.25) is 0 Å². The molecular weight excluding hydrogens is 274 g/mol. The molecule has 2 atom stereocenters. The lowest BCUT2D eigenvalue weighted by atomic mass is 9.66. The number of amides is 1. The highest BCUT2D eigenvalue weighted by atomic mass is 16.2. The molecule has 1 spiro atoms. The highest BCUT2D eigenvalue weighted by molar-refractivity contribution is 5.84. The van der Waals surface area contributed by atoms with Crippen LogP contribution < -0.4 is 5.32 Å². The number of fused-ring (bicyclic) bond motifs is 2. The summed E-state index contributed by atoms with van der Waals surface area (Å²) in [6.07, 6.45) is 7.41. The zero-order valence-electron chi connectivity index (χ0n) is 14.1. The third-order valence-electron chi connectivity index (χ3n) is 7.29. The first-order valence-electron chi connectivity index (χ1n) is 9.43. The van der Waals surface area contributed by atoms with E-state index in [4.69, 9.17) is 0 Å². The van der Waals surface area contributed by atoms with E-state index in [1.54, 1.807) is 0 Å². The summed E-state index contributed by atoms with van der Waals surface area (Å²) in [5.41, 5.74) is 0.405. The number of rotatable bonds is 2. The maximum absolute atomic E-state index is 13.4. The van der Waals surface area contributed by atoms with Gasteiger partial charge in [-0.05, 0) is 69.5 Å². The summed E-state index contributed by atoms with van der Waals surface area (Å²) in [6, 6.07) is 0. The van der Waals surface area contributed by atoms with Crippen LogP contribution in [-0.4, -0.2) is 61.5 Å². The predicted molar refractivity (Wildman–Crippen MR) is 87.6 cm³/mol. The molecule has 22 heavy (non-hydrogen) atoms. The summed E-state index contributed by atoms with van der Waals surface area (Å²) < 4.78 is 0. The largest absolute Gasteiger partial charge is 0.342 e. The average molecular weight is 305 g/mol. The van der Waals surface area contributed by atoms with Crippen molar-refractivity contribution in [1.82, 2.24) is 15.1 Å². The second-order valence-corrected chi connectivity index (χ2v) is 8.15. The van der Waals surface area contributed by atoms with Crippen LogP contribution >= 0.6 is 0 Å². The quantitative estimate of drug-likeness (QED) is 0.844. The van der Waals surface area contributed by atoms with Gasteiger partial charge in [-0.3, -0.25) is 4.79 Å². The lowest BCUT2D eigenvalue weighted by molar-refractivity contribution is -0.142. The second-order valence-electron chi connectivity index (χ2n) is 8.15. The molecule has 3 saturated heterocycles.